The van der Waals surface area contributed by atoms with Crippen molar-refractivity contribution in [3.05, 3.63) is 29.8 Å². The summed E-state index contributed by atoms with van der Waals surface area (Å²) in [4.78, 5) is 10.9. The highest BCUT2D eigenvalue weighted by atomic mass is 16.3. The van der Waals surface area contributed by atoms with Crippen LogP contribution in [0.5, 0.6) is 0 Å². The number of carbonyl (C=O) groups is 1. The highest BCUT2D eigenvalue weighted by Gasteiger charge is 2.17. The second-order valence-corrected chi connectivity index (χ2v) is 4.88. The average Bonchev–Trinajstić information content (AvgIpc) is 2.16. The summed E-state index contributed by atoms with van der Waals surface area (Å²) < 4.78 is 0. The number of nitrogens with one attached hydrogen (secondary N) is 1. The van der Waals surface area contributed by atoms with Gasteiger partial charge in [-0.1, -0.05) is 26.0 Å². The highest BCUT2D eigenvalue weighted by Crippen LogP contribution is 2.22. The van der Waals surface area contributed by atoms with Gasteiger partial charge in [0.1, 0.15) is 0 Å². The molecular formula is C13H19NO2. The molecule has 3 nitrogen and oxygen atoms in total. The van der Waals surface area contributed by atoms with E-state index in [4.69, 9.17) is 0 Å². The maximum absolute atomic E-state index is 10.9. The minimum atomic E-state index is -0.130. The van der Waals surface area contributed by atoms with Gasteiger partial charge in [-0.05, 0) is 29.5 Å². The molecule has 0 heterocycles. The number of rotatable bonds is 4. The van der Waals surface area contributed by atoms with Gasteiger partial charge in [-0.3, -0.25) is 4.79 Å². The van der Waals surface area contributed by atoms with Gasteiger partial charge in [0.05, 0.1) is 0 Å². The number of benzene rings is 1. The number of carbonyl (C=O) groups excluding carboxylic acids is 1. The summed E-state index contributed by atoms with van der Waals surface area (Å²) >= 11 is 0. The van der Waals surface area contributed by atoms with Gasteiger partial charge in [-0.15, -0.1) is 0 Å². The lowest BCUT2D eigenvalue weighted by Crippen LogP contribution is -2.19. The van der Waals surface area contributed by atoms with E-state index in [1.165, 1.54) is 6.92 Å². The Morgan fingerprint density at radius 1 is 1.44 bits per heavy atom. The van der Waals surface area contributed by atoms with Gasteiger partial charge < -0.3 is 10.4 Å². The van der Waals surface area contributed by atoms with E-state index in [9.17, 15) is 9.90 Å². The predicted molar refractivity (Wildman–Crippen MR) is 65.3 cm³/mol. The fourth-order valence-electron chi connectivity index (χ4n) is 1.57. The van der Waals surface area contributed by atoms with E-state index in [0.717, 1.165) is 17.7 Å². The van der Waals surface area contributed by atoms with Crippen LogP contribution in [0.3, 0.4) is 0 Å². The number of anilines is 1. The molecule has 0 fully saturated rings. The lowest BCUT2D eigenvalue weighted by Gasteiger charge is -2.21. The lowest BCUT2D eigenvalue weighted by molar-refractivity contribution is -0.114. The van der Waals surface area contributed by atoms with Crippen molar-refractivity contribution >= 4 is 11.6 Å². The normalized spacial score (nSPS) is 11.2. The number of hydrogen-bond donors (Lipinski definition) is 2. The monoisotopic (exact) mass is 221 g/mol. The first-order valence-electron chi connectivity index (χ1n) is 5.40. The van der Waals surface area contributed by atoms with Crippen molar-refractivity contribution in [2.45, 2.75) is 27.2 Å². The average molecular weight is 221 g/mol. The molecule has 0 atom stereocenters. The molecule has 3 heteroatoms. The van der Waals surface area contributed by atoms with Crippen LogP contribution in [0.25, 0.3) is 0 Å². The van der Waals surface area contributed by atoms with Crippen molar-refractivity contribution < 1.29 is 9.90 Å². The zero-order valence-electron chi connectivity index (χ0n) is 10.1. The molecule has 0 spiro atoms. The molecule has 88 valence electrons. The molecule has 1 aromatic rings. The predicted octanol–water partition coefficient (Wildman–Crippen LogP) is 2.21. The zero-order valence-corrected chi connectivity index (χ0v) is 10.1. The summed E-state index contributed by atoms with van der Waals surface area (Å²) in [5, 5.41) is 11.9. The van der Waals surface area contributed by atoms with Gasteiger partial charge in [0, 0.05) is 19.2 Å². The first-order valence-corrected chi connectivity index (χ1v) is 5.40. The van der Waals surface area contributed by atoms with E-state index in [2.05, 4.69) is 5.32 Å². The van der Waals surface area contributed by atoms with Crippen LogP contribution in [0, 0.1) is 5.41 Å². The third kappa shape index (κ3) is 4.03. The van der Waals surface area contributed by atoms with E-state index in [0.29, 0.717) is 0 Å². The molecule has 0 aromatic heterocycles. The molecule has 1 rings (SSSR count). The molecule has 0 aliphatic heterocycles. The Bertz CT molecular complexity index is 372. The van der Waals surface area contributed by atoms with Gasteiger partial charge in [-0.25, -0.2) is 0 Å². The Hall–Kier alpha value is -1.35. The van der Waals surface area contributed by atoms with Gasteiger partial charge in [0.25, 0.3) is 0 Å². The fraction of sp³-hybridized carbons (Fsp3) is 0.462. The van der Waals surface area contributed by atoms with E-state index in [1.807, 2.05) is 38.1 Å². The zero-order chi connectivity index (χ0) is 12.2. The second-order valence-electron chi connectivity index (χ2n) is 4.88. The Kier molecular flexibility index (Phi) is 4.07. The van der Waals surface area contributed by atoms with E-state index in [-0.39, 0.29) is 17.9 Å². The third-order valence-electron chi connectivity index (χ3n) is 2.36. The Labute approximate surface area is 96.5 Å². The molecule has 0 radical (unpaired) electrons. The molecule has 0 bridgehead atoms. The quantitative estimate of drug-likeness (QED) is 0.819. The maximum atomic E-state index is 10.9. The standard InChI is InChI=1S/C13H19NO2/c1-10(16)14-12-6-4-5-11(7-12)8-13(2,3)9-15/h4-7,15H,8-9H2,1-3H3,(H,14,16). The molecule has 0 saturated carbocycles. The van der Waals surface area contributed by atoms with Crippen molar-refractivity contribution in [3.8, 4) is 0 Å². The molecule has 16 heavy (non-hydrogen) atoms. The van der Waals surface area contributed by atoms with Crippen LogP contribution in [0.4, 0.5) is 5.69 Å². The first kappa shape index (κ1) is 12.7. The Morgan fingerprint density at radius 3 is 2.69 bits per heavy atom. The van der Waals surface area contributed by atoms with Crippen LogP contribution in [0.15, 0.2) is 24.3 Å². The number of amides is 1. The summed E-state index contributed by atoms with van der Waals surface area (Å²) in [6.07, 6.45) is 0.789. The molecule has 1 amide bonds. The fourth-order valence-corrected chi connectivity index (χ4v) is 1.57. The number of hydrogen-bond acceptors (Lipinski definition) is 2. The van der Waals surface area contributed by atoms with Gasteiger partial charge >= 0.3 is 0 Å². The Balaban J connectivity index is 2.78. The molecule has 0 aliphatic carbocycles. The smallest absolute Gasteiger partial charge is 0.221 e. The summed E-state index contributed by atoms with van der Waals surface area (Å²) in [5.74, 6) is -0.0708. The molecule has 0 saturated heterocycles. The lowest BCUT2D eigenvalue weighted by atomic mass is 9.87. The first-order chi connectivity index (χ1) is 7.43. The minimum absolute atomic E-state index is 0.0708. The van der Waals surface area contributed by atoms with Gasteiger partial charge in [0.15, 0.2) is 0 Å². The number of aliphatic hydroxyl groups excluding tert-OH is 1. The molecule has 2 N–H and O–H groups in total. The Morgan fingerprint density at radius 2 is 2.12 bits per heavy atom. The van der Waals surface area contributed by atoms with Gasteiger partial charge in [0.2, 0.25) is 5.91 Å². The minimum Gasteiger partial charge on any atom is -0.396 e. The topological polar surface area (TPSA) is 49.3 Å². The van der Waals surface area contributed by atoms with Crippen molar-refractivity contribution in [2.75, 3.05) is 11.9 Å². The van der Waals surface area contributed by atoms with E-state index < -0.39 is 0 Å². The maximum Gasteiger partial charge on any atom is 0.221 e. The molecule has 0 unspecified atom stereocenters. The molecule has 1 aromatic carbocycles. The summed E-state index contributed by atoms with van der Waals surface area (Å²) in [6, 6.07) is 7.71. The van der Waals surface area contributed by atoms with Crippen molar-refractivity contribution in [1.82, 2.24) is 0 Å². The molecule has 0 aliphatic rings. The van der Waals surface area contributed by atoms with Crippen LogP contribution in [-0.2, 0) is 11.2 Å². The van der Waals surface area contributed by atoms with Crippen molar-refractivity contribution in [1.29, 1.82) is 0 Å². The molecular weight excluding hydrogens is 202 g/mol. The van der Waals surface area contributed by atoms with Crippen LogP contribution in [0.1, 0.15) is 26.3 Å². The van der Waals surface area contributed by atoms with Gasteiger partial charge in [-0.2, -0.15) is 0 Å². The summed E-state index contributed by atoms with van der Waals surface area (Å²) in [7, 11) is 0. The third-order valence-corrected chi connectivity index (χ3v) is 2.36. The van der Waals surface area contributed by atoms with Crippen LogP contribution in [0.2, 0.25) is 0 Å². The van der Waals surface area contributed by atoms with Crippen LogP contribution in [-0.4, -0.2) is 17.6 Å². The second kappa shape index (κ2) is 5.12. The summed E-state index contributed by atoms with van der Waals surface area (Å²) in [6.45, 7) is 5.66. The van der Waals surface area contributed by atoms with Crippen molar-refractivity contribution in [3.63, 3.8) is 0 Å². The van der Waals surface area contributed by atoms with E-state index >= 15 is 0 Å². The largest absolute Gasteiger partial charge is 0.396 e. The SMILES string of the molecule is CC(=O)Nc1cccc(CC(C)(C)CO)c1. The number of aliphatic hydroxyl groups is 1. The highest BCUT2D eigenvalue weighted by molar-refractivity contribution is 5.88. The van der Waals surface area contributed by atoms with Crippen LogP contribution >= 0.6 is 0 Å². The van der Waals surface area contributed by atoms with E-state index in [1.54, 1.807) is 0 Å². The van der Waals surface area contributed by atoms with Crippen LogP contribution < -0.4 is 5.32 Å². The van der Waals surface area contributed by atoms with Crippen molar-refractivity contribution in [2.24, 2.45) is 5.41 Å². The summed E-state index contributed by atoms with van der Waals surface area (Å²) in [5.41, 5.74) is 1.79.